The molecule has 0 amide bonds. The highest BCUT2D eigenvalue weighted by Crippen LogP contribution is 2.32. The smallest absolute Gasteiger partial charge is 0.160 e. The number of nitrogens with zero attached hydrogens (tertiary/aromatic N) is 4. The molecule has 2 N–H and O–H groups in total. The first-order valence-corrected chi connectivity index (χ1v) is 10.6. The molecule has 0 spiro atoms. The van der Waals surface area contributed by atoms with Gasteiger partial charge in [-0.15, -0.1) is 0 Å². The fraction of sp³-hybridized carbons (Fsp3) is 0.208. The Bertz CT molecular complexity index is 1490. The van der Waals surface area contributed by atoms with Crippen molar-refractivity contribution in [2.75, 3.05) is 5.32 Å². The summed E-state index contributed by atoms with van der Waals surface area (Å²) in [4.78, 5) is 11.9. The number of para-hydroxylation sites is 1. The maximum absolute atomic E-state index is 14.2. The first kappa shape index (κ1) is 18.9. The summed E-state index contributed by atoms with van der Waals surface area (Å²) < 4.78 is 29.8. The first-order chi connectivity index (χ1) is 15.6. The largest absolute Gasteiger partial charge is 0.367 e. The average Bonchev–Trinajstić information content (AvgIpc) is 3.35. The van der Waals surface area contributed by atoms with Gasteiger partial charge in [0.1, 0.15) is 17.5 Å². The lowest BCUT2D eigenvalue weighted by Gasteiger charge is -2.25. The van der Waals surface area contributed by atoms with Gasteiger partial charge >= 0.3 is 0 Å². The molecule has 160 valence electrons. The molecule has 6 rings (SSSR count). The van der Waals surface area contributed by atoms with Crippen LogP contribution in [-0.4, -0.2) is 30.6 Å². The highest BCUT2D eigenvalue weighted by Gasteiger charge is 2.24. The second kappa shape index (κ2) is 7.12. The zero-order valence-electron chi connectivity index (χ0n) is 17.4. The summed E-state index contributed by atoms with van der Waals surface area (Å²) >= 11 is 0. The highest BCUT2D eigenvalue weighted by molar-refractivity contribution is 5.85. The standard InChI is InChI=1S/C24H20F2N6/c1-13-10-28-32-22(9-21(31-24(13)32)14-7-15(25)12-27-11-14)29-16-5-6-20-18(8-16)17-3-2-4-19(26)23(17)30-20/h2-4,7,9-12,16,29-30H,5-6,8H2,1H3. The van der Waals surface area contributed by atoms with E-state index in [-0.39, 0.29) is 11.9 Å². The lowest BCUT2D eigenvalue weighted by Crippen LogP contribution is -2.28. The van der Waals surface area contributed by atoms with Crippen LogP contribution in [-0.2, 0) is 12.8 Å². The van der Waals surface area contributed by atoms with Gasteiger partial charge in [-0.05, 0) is 43.9 Å². The van der Waals surface area contributed by atoms with Gasteiger partial charge in [0.2, 0.25) is 0 Å². The number of pyridine rings is 1. The fourth-order valence-corrected chi connectivity index (χ4v) is 4.61. The Morgan fingerprint density at radius 1 is 1.16 bits per heavy atom. The van der Waals surface area contributed by atoms with E-state index in [1.54, 1.807) is 23.0 Å². The van der Waals surface area contributed by atoms with Crippen molar-refractivity contribution in [3.05, 3.63) is 77.4 Å². The van der Waals surface area contributed by atoms with E-state index in [4.69, 9.17) is 0 Å². The van der Waals surface area contributed by atoms with E-state index in [1.165, 1.54) is 18.3 Å². The van der Waals surface area contributed by atoms with Crippen molar-refractivity contribution in [2.45, 2.75) is 32.2 Å². The summed E-state index contributed by atoms with van der Waals surface area (Å²) in [6.45, 7) is 1.94. The monoisotopic (exact) mass is 430 g/mol. The molecule has 0 saturated carbocycles. The number of H-pyrrole nitrogens is 1. The maximum atomic E-state index is 14.2. The number of nitrogens with one attached hydrogen (secondary N) is 2. The molecule has 4 aromatic heterocycles. The Balaban J connectivity index is 1.39. The number of hydrogen-bond donors (Lipinski definition) is 2. The number of hydrogen-bond acceptors (Lipinski definition) is 4. The Kier molecular flexibility index (Phi) is 4.21. The van der Waals surface area contributed by atoms with Crippen molar-refractivity contribution in [3.8, 4) is 11.3 Å². The molecular formula is C24H20F2N6. The normalized spacial score (nSPS) is 15.9. The fourth-order valence-electron chi connectivity index (χ4n) is 4.61. The maximum Gasteiger partial charge on any atom is 0.160 e. The van der Waals surface area contributed by atoms with E-state index in [0.29, 0.717) is 22.4 Å². The second-order valence-corrected chi connectivity index (χ2v) is 8.31. The lowest BCUT2D eigenvalue weighted by molar-refractivity contribution is 0.602. The van der Waals surface area contributed by atoms with Crippen LogP contribution in [0.25, 0.3) is 27.8 Å². The van der Waals surface area contributed by atoms with Crippen molar-refractivity contribution in [1.82, 2.24) is 24.6 Å². The molecule has 0 bridgehead atoms. The van der Waals surface area contributed by atoms with Crippen LogP contribution in [0.3, 0.4) is 0 Å². The third kappa shape index (κ3) is 3.02. The van der Waals surface area contributed by atoms with E-state index in [9.17, 15) is 8.78 Å². The minimum absolute atomic E-state index is 0.137. The molecule has 4 heterocycles. The Morgan fingerprint density at radius 2 is 2.06 bits per heavy atom. The van der Waals surface area contributed by atoms with Crippen molar-refractivity contribution >= 4 is 22.4 Å². The molecule has 0 radical (unpaired) electrons. The van der Waals surface area contributed by atoms with E-state index in [0.717, 1.165) is 47.3 Å². The van der Waals surface area contributed by atoms with Gasteiger partial charge in [-0.3, -0.25) is 4.98 Å². The summed E-state index contributed by atoms with van der Waals surface area (Å²) in [6, 6.07) is 8.64. The van der Waals surface area contributed by atoms with Crippen LogP contribution in [0.15, 0.2) is 48.9 Å². The Labute approximate surface area is 182 Å². The molecule has 5 aromatic rings. The van der Waals surface area contributed by atoms with Crippen LogP contribution < -0.4 is 5.32 Å². The third-order valence-electron chi connectivity index (χ3n) is 6.17. The van der Waals surface area contributed by atoms with Crippen LogP contribution >= 0.6 is 0 Å². The van der Waals surface area contributed by atoms with Crippen molar-refractivity contribution in [3.63, 3.8) is 0 Å². The number of fused-ring (bicyclic) bond motifs is 4. The van der Waals surface area contributed by atoms with Crippen LogP contribution in [0.1, 0.15) is 23.2 Å². The first-order valence-electron chi connectivity index (χ1n) is 10.6. The van der Waals surface area contributed by atoms with Gasteiger partial charge in [-0.1, -0.05) is 12.1 Å². The van der Waals surface area contributed by atoms with Gasteiger partial charge in [0.15, 0.2) is 5.65 Å². The predicted octanol–water partition coefficient (Wildman–Crippen LogP) is 4.83. The molecule has 0 aliphatic heterocycles. The molecule has 1 aliphatic carbocycles. The summed E-state index contributed by atoms with van der Waals surface area (Å²) in [5.74, 6) is 0.148. The van der Waals surface area contributed by atoms with Crippen molar-refractivity contribution in [1.29, 1.82) is 0 Å². The highest BCUT2D eigenvalue weighted by atomic mass is 19.1. The summed E-state index contributed by atoms with van der Waals surface area (Å²) in [5, 5.41) is 9.03. The molecule has 0 fully saturated rings. The number of halogens is 2. The minimum atomic E-state index is -0.407. The summed E-state index contributed by atoms with van der Waals surface area (Å²) in [6.07, 6.45) is 7.03. The number of anilines is 1. The van der Waals surface area contributed by atoms with Crippen LogP contribution in [0.4, 0.5) is 14.6 Å². The summed E-state index contributed by atoms with van der Waals surface area (Å²) in [7, 11) is 0. The number of benzene rings is 1. The van der Waals surface area contributed by atoms with E-state index >= 15 is 0 Å². The van der Waals surface area contributed by atoms with E-state index in [1.807, 2.05) is 19.1 Å². The molecule has 0 saturated heterocycles. The molecular weight excluding hydrogens is 410 g/mol. The van der Waals surface area contributed by atoms with E-state index in [2.05, 4.69) is 25.4 Å². The Morgan fingerprint density at radius 3 is 2.94 bits per heavy atom. The molecule has 1 unspecified atom stereocenters. The van der Waals surface area contributed by atoms with Gasteiger partial charge in [-0.2, -0.15) is 9.61 Å². The third-order valence-corrected chi connectivity index (χ3v) is 6.17. The van der Waals surface area contributed by atoms with Gasteiger partial charge in [0, 0.05) is 40.5 Å². The zero-order valence-corrected chi connectivity index (χ0v) is 17.4. The zero-order chi connectivity index (χ0) is 21.8. The van der Waals surface area contributed by atoms with Gasteiger partial charge in [-0.25, -0.2) is 13.8 Å². The Hall–Kier alpha value is -3.81. The van der Waals surface area contributed by atoms with Crippen LogP contribution in [0, 0.1) is 18.6 Å². The van der Waals surface area contributed by atoms with Gasteiger partial charge < -0.3 is 10.3 Å². The molecule has 6 nitrogen and oxygen atoms in total. The number of aromatic nitrogens is 5. The summed E-state index contributed by atoms with van der Waals surface area (Å²) in [5.41, 5.74) is 5.70. The SMILES string of the molecule is Cc1cnn2c(NC3CCc4[nH]c5c(F)cccc5c4C3)cc(-c3cncc(F)c3)nc12. The molecule has 8 heteroatoms. The van der Waals surface area contributed by atoms with Gasteiger partial charge in [0.05, 0.1) is 23.6 Å². The quantitative estimate of drug-likeness (QED) is 0.430. The number of aryl methyl sites for hydroxylation is 2. The van der Waals surface area contributed by atoms with Crippen LogP contribution in [0.2, 0.25) is 0 Å². The van der Waals surface area contributed by atoms with Crippen molar-refractivity contribution < 1.29 is 8.78 Å². The number of aromatic amines is 1. The lowest BCUT2D eigenvalue weighted by atomic mass is 9.91. The molecule has 1 atom stereocenters. The van der Waals surface area contributed by atoms with E-state index < -0.39 is 5.82 Å². The predicted molar refractivity (Wildman–Crippen MR) is 119 cm³/mol. The van der Waals surface area contributed by atoms with Crippen molar-refractivity contribution in [2.24, 2.45) is 0 Å². The molecule has 1 aromatic carbocycles. The van der Waals surface area contributed by atoms with Gasteiger partial charge in [0.25, 0.3) is 0 Å². The molecule has 1 aliphatic rings. The number of rotatable bonds is 3. The topological polar surface area (TPSA) is 70.9 Å². The average molecular weight is 430 g/mol. The van der Waals surface area contributed by atoms with Crippen LogP contribution in [0.5, 0.6) is 0 Å². The molecule has 32 heavy (non-hydrogen) atoms. The minimum Gasteiger partial charge on any atom is -0.367 e. The second-order valence-electron chi connectivity index (χ2n) is 8.31.